The number of rotatable bonds is 28. The van der Waals surface area contributed by atoms with E-state index in [0.717, 1.165) is 33.8 Å². The van der Waals surface area contributed by atoms with E-state index in [9.17, 15) is 41.9 Å². The Balaban J connectivity index is 0.748. The van der Waals surface area contributed by atoms with Gasteiger partial charge in [-0.2, -0.15) is 0 Å². The van der Waals surface area contributed by atoms with Gasteiger partial charge in [0.05, 0.1) is 72.2 Å². The SMILES string of the molecule is CCCS(=O)(=O)Nc1ccc(F)c(C(=O)c2c[nH]c3ncc(-c4ccc(C(=O)NCCOCCOCCOCCCCC(=O)N[C@H](C(=O)N5C[C@H](O)C[C@H]5C(=O)NCc5ccc(-c6scnc6C)cc5)C(C)(C)C)cc4)cc23)c1F. The number of hydrogen-bond donors (Lipinski definition) is 6. The predicted molar refractivity (Wildman–Crippen MR) is 299 cm³/mol. The molecule has 0 spiro atoms. The number of sulfonamides is 1. The Kier molecular flexibility index (Phi) is 21.2. The summed E-state index contributed by atoms with van der Waals surface area (Å²) >= 11 is 1.56. The van der Waals surface area contributed by atoms with Crippen molar-refractivity contribution in [3.05, 3.63) is 124 Å². The number of H-pyrrole nitrogens is 1. The van der Waals surface area contributed by atoms with Crippen LogP contribution in [0.4, 0.5) is 14.5 Å². The number of anilines is 1. The number of fused-ring (bicyclic) bond motifs is 1. The van der Waals surface area contributed by atoms with E-state index >= 15 is 4.39 Å². The average Bonchev–Trinajstić information content (AvgIpc) is 4.26. The number of ether oxygens (including phenoxy) is 3. The van der Waals surface area contributed by atoms with Crippen molar-refractivity contribution >= 4 is 67.5 Å². The van der Waals surface area contributed by atoms with Gasteiger partial charge >= 0.3 is 0 Å². The van der Waals surface area contributed by atoms with Gasteiger partial charge in [-0.3, -0.25) is 28.7 Å². The quantitative estimate of drug-likeness (QED) is 0.0212. The molecular formula is C57H68F2N8O11S2. The number of β-amino-alcohol motifs (C(OH)–C–C–N with tert-alkyl or cyclic N) is 1. The third-order valence-corrected chi connectivity index (χ3v) is 15.7. The summed E-state index contributed by atoms with van der Waals surface area (Å²) in [5.74, 6) is -5.22. The maximum Gasteiger partial charge on any atom is 0.251 e. The number of pyridine rings is 1. The molecule has 3 aromatic heterocycles. The Morgan fingerprint density at radius 2 is 1.56 bits per heavy atom. The zero-order chi connectivity index (χ0) is 57.6. The highest BCUT2D eigenvalue weighted by atomic mass is 32.2. The third-order valence-electron chi connectivity index (χ3n) is 13.2. The summed E-state index contributed by atoms with van der Waals surface area (Å²) < 4.78 is 73.9. The minimum absolute atomic E-state index is 0.0149. The van der Waals surface area contributed by atoms with Crippen LogP contribution in [0.5, 0.6) is 0 Å². The van der Waals surface area contributed by atoms with E-state index in [-0.39, 0.29) is 92.2 Å². The lowest BCUT2D eigenvalue weighted by atomic mass is 9.85. The molecule has 428 valence electrons. The van der Waals surface area contributed by atoms with E-state index in [0.29, 0.717) is 56.0 Å². The van der Waals surface area contributed by atoms with Crippen LogP contribution in [0.3, 0.4) is 0 Å². The Bertz CT molecular complexity index is 3240. The summed E-state index contributed by atoms with van der Waals surface area (Å²) in [5, 5.41) is 19.5. The first kappa shape index (κ1) is 60.6. The van der Waals surface area contributed by atoms with Crippen LogP contribution in [0, 0.1) is 24.0 Å². The molecule has 0 unspecified atom stereocenters. The van der Waals surface area contributed by atoms with Crippen LogP contribution in [0.2, 0.25) is 0 Å². The van der Waals surface area contributed by atoms with Crippen molar-refractivity contribution in [1.29, 1.82) is 0 Å². The number of hydrogen-bond acceptors (Lipinski definition) is 14. The van der Waals surface area contributed by atoms with Crippen LogP contribution >= 0.6 is 11.3 Å². The summed E-state index contributed by atoms with van der Waals surface area (Å²) in [5.41, 5.74) is 4.32. The molecule has 6 N–H and O–H groups in total. The Morgan fingerprint density at radius 3 is 2.24 bits per heavy atom. The molecule has 0 aliphatic carbocycles. The van der Waals surface area contributed by atoms with Crippen molar-refractivity contribution in [3.63, 3.8) is 0 Å². The molecule has 1 fully saturated rings. The standard InChI is InChI=1S/C57H68F2N8O11S2/c1-6-27-80(74,75)66-45-19-18-44(58)48(49(45)59)50(70)43-32-62-53-42(43)28-40(31-61-53)37-14-16-39(17-15-37)54(71)60-20-22-77-24-26-78-25-23-76-21-8-7-9-47(69)65-52(57(3,4)5)56(73)67-33-41(68)29-46(67)55(72)63-30-36-10-12-38(13-11-36)51-35(2)64-34-79-51/h10-19,28,31-32,34,41,46,52,66,68H,6-9,20-27,29-30,33H2,1-5H3,(H,60,71)(H,61,62)(H,63,72)(H,65,69)/t41-,46+,52-/m1/s1. The Hall–Kier alpha value is -7.02. The van der Waals surface area contributed by atoms with Crippen LogP contribution in [0.1, 0.15) is 97.3 Å². The number of aryl methyl sites for hydroxylation is 1. The van der Waals surface area contributed by atoms with Gasteiger partial charge in [-0.25, -0.2) is 27.2 Å². The fraction of sp³-hybridized carbons (Fsp3) is 0.421. The van der Waals surface area contributed by atoms with Crippen LogP contribution < -0.4 is 20.7 Å². The number of carbonyl (C=O) groups excluding carboxylic acids is 5. The van der Waals surface area contributed by atoms with Crippen LogP contribution in [0.15, 0.2) is 84.6 Å². The molecule has 1 saturated heterocycles. The number of aliphatic hydroxyl groups is 1. The van der Waals surface area contributed by atoms with Gasteiger partial charge in [-0.15, -0.1) is 11.3 Å². The number of aliphatic hydroxyl groups excluding tert-OH is 1. The Labute approximate surface area is 467 Å². The number of benzene rings is 3. The average molecular weight is 1140 g/mol. The lowest BCUT2D eigenvalue weighted by molar-refractivity contribution is -0.144. The molecule has 4 heterocycles. The number of likely N-dealkylation sites (tertiary alicyclic amines) is 1. The summed E-state index contributed by atoms with van der Waals surface area (Å²) in [4.78, 5) is 80.9. The number of ketones is 1. The lowest BCUT2D eigenvalue weighted by Crippen LogP contribution is -2.57. The minimum Gasteiger partial charge on any atom is -0.391 e. The monoisotopic (exact) mass is 1140 g/mol. The van der Waals surface area contributed by atoms with E-state index in [1.807, 2.05) is 52.0 Å². The van der Waals surface area contributed by atoms with Gasteiger partial charge in [0.15, 0.2) is 5.82 Å². The number of nitrogens with zero attached hydrogens (tertiary/aromatic N) is 3. The summed E-state index contributed by atoms with van der Waals surface area (Å²) in [6, 6.07) is 16.0. The minimum atomic E-state index is -3.93. The molecule has 3 aromatic carbocycles. The molecule has 23 heteroatoms. The van der Waals surface area contributed by atoms with Gasteiger partial charge in [-0.1, -0.05) is 64.1 Å². The highest BCUT2D eigenvalue weighted by Gasteiger charge is 2.44. The first-order chi connectivity index (χ1) is 38.2. The molecule has 4 amide bonds. The van der Waals surface area contributed by atoms with Gasteiger partial charge in [-0.05, 0) is 78.6 Å². The van der Waals surface area contributed by atoms with Crippen molar-refractivity contribution in [2.24, 2.45) is 5.41 Å². The highest BCUT2D eigenvalue weighted by Crippen LogP contribution is 2.32. The van der Waals surface area contributed by atoms with Crippen LogP contribution in [0.25, 0.3) is 32.6 Å². The molecule has 1 aliphatic rings. The zero-order valence-corrected chi connectivity index (χ0v) is 47.0. The predicted octanol–water partition coefficient (Wildman–Crippen LogP) is 7.08. The highest BCUT2D eigenvalue weighted by molar-refractivity contribution is 7.92. The van der Waals surface area contributed by atoms with E-state index in [2.05, 4.69) is 35.6 Å². The van der Waals surface area contributed by atoms with Gasteiger partial charge in [0.1, 0.15) is 23.5 Å². The van der Waals surface area contributed by atoms with Crippen LogP contribution in [-0.4, -0.2) is 139 Å². The molecule has 0 bridgehead atoms. The third kappa shape index (κ3) is 16.1. The van der Waals surface area contributed by atoms with E-state index in [4.69, 9.17) is 14.2 Å². The lowest BCUT2D eigenvalue weighted by Gasteiger charge is -2.35. The van der Waals surface area contributed by atoms with E-state index in [1.54, 1.807) is 60.3 Å². The summed E-state index contributed by atoms with van der Waals surface area (Å²) in [6.45, 7) is 11.5. The van der Waals surface area contributed by atoms with Gasteiger partial charge in [0, 0.05) is 73.6 Å². The zero-order valence-electron chi connectivity index (χ0n) is 45.4. The number of aromatic nitrogens is 3. The summed E-state index contributed by atoms with van der Waals surface area (Å²) in [7, 11) is -3.93. The maximum absolute atomic E-state index is 15.5. The number of amides is 4. The van der Waals surface area contributed by atoms with Crippen molar-refractivity contribution in [1.82, 2.24) is 35.8 Å². The normalized spacial score (nSPS) is 15.0. The molecular weight excluding hydrogens is 1070 g/mol. The number of carbonyl (C=O) groups is 5. The maximum atomic E-state index is 15.5. The molecule has 0 saturated carbocycles. The largest absolute Gasteiger partial charge is 0.391 e. The number of nitrogens with one attached hydrogen (secondary N) is 5. The van der Waals surface area contributed by atoms with E-state index < -0.39 is 68.2 Å². The second-order valence-electron chi connectivity index (χ2n) is 20.4. The van der Waals surface area contributed by atoms with Crippen molar-refractivity contribution in [2.75, 3.05) is 63.2 Å². The second kappa shape index (κ2) is 27.9. The second-order valence-corrected chi connectivity index (χ2v) is 23.1. The molecule has 19 nitrogen and oxygen atoms in total. The van der Waals surface area contributed by atoms with E-state index in [1.165, 1.54) is 11.1 Å². The van der Waals surface area contributed by atoms with Gasteiger partial charge < -0.3 is 45.2 Å². The molecule has 7 rings (SSSR count). The number of unbranched alkanes of at least 4 members (excludes halogenated alkanes) is 1. The topological polar surface area (TPSA) is 260 Å². The smallest absolute Gasteiger partial charge is 0.251 e. The van der Waals surface area contributed by atoms with Crippen molar-refractivity contribution < 1.29 is 60.5 Å². The van der Waals surface area contributed by atoms with Crippen LogP contribution in [-0.2, 0) is 45.2 Å². The summed E-state index contributed by atoms with van der Waals surface area (Å²) in [6.07, 6.45) is 3.59. The van der Waals surface area contributed by atoms with Crippen molar-refractivity contribution in [3.8, 4) is 21.6 Å². The number of halogens is 2. The van der Waals surface area contributed by atoms with Crippen molar-refractivity contribution in [2.45, 2.75) is 91.5 Å². The molecule has 80 heavy (non-hydrogen) atoms. The molecule has 1 aliphatic heterocycles. The molecule has 3 atom stereocenters. The number of aromatic amines is 1. The Morgan fingerprint density at radius 1 is 0.875 bits per heavy atom. The van der Waals surface area contributed by atoms with Gasteiger partial charge in [0.25, 0.3) is 5.91 Å². The van der Waals surface area contributed by atoms with Gasteiger partial charge in [0.2, 0.25) is 33.5 Å². The molecule has 0 radical (unpaired) electrons. The fourth-order valence-corrected chi connectivity index (χ4v) is 11.0. The first-order valence-electron chi connectivity index (χ1n) is 26.4. The fourth-order valence-electron chi connectivity index (χ4n) is 9.01. The first-order valence-corrected chi connectivity index (χ1v) is 28.9. The number of thiazole rings is 1. The molecule has 6 aromatic rings.